The zero-order valence-electron chi connectivity index (χ0n) is 19.4. The number of rotatable bonds is 3. The SMILES string of the molecule is CC(C)(C)c1c(C(=O)N[C@H]2CCOc3ccccc32)sc2c(-c3cc(Cl)cc(Cl)c3)c(F)cnc12. The number of nitrogens with one attached hydrogen (secondary N) is 1. The van der Waals surface area contributed by atoms with Crippen LogP contribution >= 0.6 is 34.5 Å². The van der Waals surface area contributed by atoms with E-state index in [9.17, 15) is 4.79 Å². The van der Waals surface area contributed by atoms with E-state index in [0.717, 1.165) is 16.9 Å². The van der Waals surface area contributed by atoms with E-state index >= 15 is 4.39 Å². The second kappa shape index (κ2) is 9.08. The van der Waals surface area contributed by atoms with Gasteiger partial charge in [-0.1, -0.05) is 62.2 Å². The number of hydrogen-bond acceptors (Lipinski definition) is 4. The number of para-hydroxylation sites is 1. The highest BCUT2D eigenvalue weighted by atomic mass is 35.5. The first-order valence-corrected chi connectivity index (χ1v) is 12.8. The molecule has 1 N–H and O–H groups in total. The first kappa shape index (κ1) is 24.0. The summed E-state index contributed by atoms with van der Waals surface area (Å²) < 4.78 is 21.5. The Morgan fingerprint density at radius 3 is 2.60 bits per heavy atom. The standard InChI is InChI=1S/C27H23Cl2FN2O2S/c1-27(2,3)22-23-24(21(18(30)13-31-23)14-10-15(28)12-16(29)11-14)35-25(22)26(33)32-19-8-9-34-20-7-5-4-6-17(19)20/h4-7,10-13,19H,8-9H2,1-3H3,(H,32,33)/t19-/m0/s1. The number of aromatic nitrogens is 1. The number of amides is 1. The maximum Gasteiger partial charge on any atom is 0.262 e. The van der Waals surface area contributed by atoms with Crippen LogP contribution in [0.5, 0.6) is 5.75 Å². The van der Waals surface area contributed by atoms with Crippen LogP contribution in [0.4, 0.5) is 4.39 Å². The summed E-state index contributed by atoms with van der Waals surface area (Å²) in [6, 6.07) is 12.5. The Labute approximate surface area is 217 Å². The van der Waals surface area contributed by atoms with Crippen LogP contribution in [0.1, 0.15) is 54.0 Å². The minimum absolute atomic E-state index is 0.179. The van der Waals surface area contributed by atoms with E-state index in [1.165, 1.54) is 17.5 Å². The molecule has 3 heterocycles. The summed E-state index contributed by atoms with van der Waals surface area (Å²) in [4.78, 5) is 18.6. The molecule has 180 valence electrons. The van der Waals surface area contributed by atoms with Crippen molar-refractivity contribution in [1.82, 2.24) is 10.3 Å². The quantitative estimate of drug-likeness (QED) is 0.293. The summed E-state index contributed by atoms with van der Waals surface area (Å²) in [7, 11) is 0. The maximum atomic E-state index is 15.2. The Bertz CT molecular complexity index is 1440. The number of thiophene rings is 1. The number of benzene rings is 2. The molecular formula is C27H23Cl2FN2O2S. The molecule has 1 aliphatic heterocycles. The topological polar surface area (TPSA) is 51.2 Å². The second-order valence-electron chi connectivity index (χ2n) is 9.57. The molecule has 0 fully saturated rings. The fourth-order valence-corrected chi connectivity index (χ4v) is 6.50. The van der Waals surface area contributed by atoms with Gasteiger partial charge < -0.3 is 10.1 Å². The number of carbonyl (C=O) groups excluding carboxylic acids is 1. The van der Waals surface area contributed by atoms with Gasteiger partial charge in [0.15, 0.2) is 5.82 Å². The van der Waals surface area contributed by atoms with Crippen molar-refractivity contribution in [3.63, 3.8) is 0 Å². The average Bonchev–Trinajstić information content (AvgIpc) is 3.19. The van der Waals surface area contributed by atoms with Crippen molar-refractivity contribution in [3.8, 4) is 16.9 Å². The van der Waals surface area contributed by atoms with Crippen LogP contribution in [-0.4, -0.2) is 17.5 Å². The Morgan fingerprint density at radius 2 is 1.89 bits per heavy atom. The number of fused-ring (bicyclic) bond motifs is 2. The molecule has 0 bridgehead atoms. The molecule has 0 unspecified atom stereocenters. The van der Waals surface area contributed by atoms with Gasteiger partial charge >= 0.3 is 0 Å². The van der Waals surface area contributed by atoms with Gasteiger partial charge in [-0.15, -0.1) is 11.3 Å². The van der Waals surface area contributed by atoms with Gasteiger partial charge in [0.25, 0.3) is 5.91 Å². The van der Waals surface area contributed by atoms with E-state index in [2.05, 4.69) is 10.3 Å². The van der Waals surface area contributed by atoms with Crippen molar-refractivity contribution >= 4 is 50.7 Å². The van der Waals surface area contributed by atoms with Crippen LogP contribution in [0.25, 0.3) is 21.3 Å². The van der Waals surface area contributed by atoms with Crippen molar-refractivity contribution in [2.75, 3.05) is 6.61 Å². The van der Waals surface area contributed by atoms with Crippen LogP contribution in [0.2, 0.25) is 10.0 Å². The van der Waals surface area contributed by atoms with Crippen LogP contribution in [0.15, 0.2) is 48.7 Å². The number of pyridine rings is 1. The largest absolute Gasteiger partial charge is 0.493 e. The lowest BCUT2D eigenvalue weighted by atomic mass is 9.85. The van der Waals surface area contributed by atoms with Gasteiger partial charge in [0, 0.05) is 33.2 Å². The van der Waals surface area contributed by atoms with Gasteiger partial charge in [0.05, 0.1) is 33.9 Å². The minimum atomic E-state index is -0.497. The summed E-state index contributed by atoms with van der Waals surface area (Å²) >= 11 is 13.7. The van der Waals surface area contributed by atoms with E-state index in [-0.39, 0.29) is 11.9 Å². The molecule has 1 atom stereocenters. The number of nitrogens with zero attached hydrogens (tertiary/aromatic N) is 1. The predicted octanol–water partition coefficient (Wildman–Crippen LogP) is 7.96. The zero-order chi connectivity index (χ0) is 24.9. The molecule has 0 saturated heterocycles. The molecule has 2 aromatic heterocycles. The number of halogens is 3. The summed E-state index contributed by atoms with van der Waals surface area (Å²) in [5.74, 6) is 0.0678. The Kier molecular flexibility index (Phi) is 6.24. The molecule has 0 saturated carbocycles. The van der Waals surface area contributed by atoms with Crippen LogP contribution in [0.3, 0.4) is 0 Å². The second-order valence-corrected chi connectivity index (χ2v) is 11.5. The number of hydrogen-bond donors (Lipinski definition) is 1. The van der Waals surface area contributed by atoms with Crippen molar-refractivity contribution in [1.29, 1.82) is 0 Å². The molecule has 4 aromatic rings. The summed E-state index contributed by atoms with van der Waals surface area (Å²) in [6.07, 6.45) is 1.86. The lowest BCUT2D eigenvalue weighted by Gasteiger charge is -2.27. The highest BCUT2D eigenvalue weighted by Gasteiger charge is 2.32. The molecule has 4 nitrogen and oxygen atoms in total. The Balaban J connectivity index is 1.65. The third-order valence-electron chi connectivity index (χ3n) is 6.03. The molecule has 5 rings (SSSR count). The highest BCUT2D eigenvalue weighted by Crippen LogP contribution is 2.44. The fourth-order valence-electron chi connectivity index (χ4n) is 4.55. The van der Waals surface area contributed by atoms with Gasteiger partial charge in [0.1, 0.15) is 5.75 Å². The number of carbonyl (C=O) groups is 1. The minimum Gasteiger partial charge on any atom is -0.493 e. The third-order valence-corrected chi connectivity index (χ3v) is 7.66. The lowest BCUT2D eigenvalue weighted by molar-refractivity contribution is 0.0927. The molecule has 0 spiro atoms. The molecule has 1 aliphatic rings. The third kappa shape index (κ3) is 4.51. The Morgan fingerprint density at radius 1 is 1.17 bits per heavy atom. The van der Waals surface area contributed by atoms with E-state index in [1.807, 2.05) is 45.0 Å². The molecule has 35 heavy (non-hydrogen) atoms. The molecular weight excluding hydrogens is 506 g/mol. The first-order valence-electron chi connectivity index (χ1n) is 11.2. The molecule has 0 aliphatic carbocycles. The predicted molar refractivity (Wildman–Crippen MR) is 140 cm³/mol. The normalized spacial score (nSPS) is 15.5. The van der Waals surface area contributed by atoms with Gasteiger partial charge in [-0.3, -0.25) is 9.78 Å². The van der Waals surface area contributed by atoms with Crippen LogP contribution < -0.4 is 10.1 Å². The van der Waals surface area contributed by atoms with E-state index < -0.39 is 11.2 Å². The first-order chi connectivity index (χ1) is 16.6. The summed E-state index contributed by atoms with van der Waals surface area (Å²) in [5, 5.41) is 3.99. The van der Waals surface area contributed by atoms with Gasteiger partial charge in [-0.25, -0.2) is 4.39 Å². The van der Waals surface area contributed by atoms with Crippen molar-refractivity contribution in [2.24, 2.45) is 0 Å². The maximum absolute atomic E-state index is 15.2. The zero-order valence-corrected chi connectivity index (χ0v) is 21.7. The monoisotopic (exact) mass is 528 g/mol. The molecule has 8 heteroatoms. The lowest BCUT2D eigenvalue weighted by Crippen LogP contribution is -2.33. The highest BCUT2D eigenvalue weighted by molar-refractivity contribution is 7.21. The van der Waals surface area contributed by atoms with E-state index in [1.54, 1.807) is 18.2 Å². The van der Waals surface area contributed by atoms with Crippen molar-refractivity contribution < 1.29 is 13.9 Å². The Hall–Kier alpha value is -2.67. The van der Waals surface area contributed by atoms with Crippen molar-refractivity contribution in [2.45, 2.75) is 38.6 Å². The number of ether oxygens (including phenoxy) is 1. The van der Waals surface area contributed by atoms with Crippen LogP contribution in [-0.2, 0) is 5.41 Å². The molecule has 1 amide bonds. The summed E-state index contributed by atoms with van der Waals surface area (Å²) in [5.41, 5.74) is 2.80. The van der Waals surface area contributed by atoms with Crippen molar-refractivity contribution in [3.05, 3.63) is 80.5 Å². The van der Waals surface area contributed by atoms with E-state index in [0.29, 0.717) is 49.3 Å². The van der Waals surface area contributed by atoms with Crippen LogP contribution in [0, 0.1) is 5.82 Å². The smallest absolute Gasteiger partial charge is 0.262 e. The molecule has 0 radical (unpaired) electrons. The van der Waals surface area contributed by atoms with Gasteiger partial charge in [-0.2, -0.15) is 0 Å². The molecule has 2 aromatic carbocycles. The fraction of sp³-hybridized carbons (Fsp3) is 0.259. The van der Waals surface area contributed by atoms with Gasteiger partial charge in [0.2, 0.25) is 0 Å². The average molecular weight is 529 g/mol. The van der Waals surface area contributed by atoms with Gasteiger partial charge in [-0.05, 0) is 35.2 Å². The van der Waals surface area contributed by atoms with E-state index in [4.69, 9.17) is 27.9 Å². The summed E-state index contributed by atoms with van der Waals surface area (Å²) in [6.45, 7) is 6.59.